The molecule has 0 N–H and O–H groups in total. The topological polar surface area (TPSA) is 80.3 Å². The smallest absolute Gasteiger partial charge is 0.550 e. The average molecular weight is 272 g/mol. The maximum atomic E-state index is 11.0. The van der Waals surface area contributed by atoms with E-state index in [1.54, 1.807) is 0 Å². The summed E-state index contributed by atoms with van der Waals surface area (Å²) >= 11 is 0. The fourth-order valence-corrected chi connectivity index (χ4v) is 6.22. The van der Waals surface area contributed by atoms with Crippen molar-refractivity contribution in [1.29, 1.82) is 0 Å². The molecule has 2 heterocycles. The van der Waals surface area contributed by atoms with Crippen LogP contribution in [0.3, 0.4) is 0 Å². The molecule has 1 saturated heterocycles. The van der Waals surface area contributed by atoms with Crippen LogP contribution in [0.15, 0.2) is 11.4 Å². The first-order valence-corrected chi connectivity index (χ1v) is 6.41. The second-order valence-corrected chi connectivity index (χ2v) is 6.62. The fourth-order valence-electron chi connectivity index (χ4n) is 2.67. The van der Waals surface area contributed by atoms with Crippen LogP contribution in [0, 0.1) is 11.3 Å². The minimum Gasteiger partial charge on any atom is -0.550 e. The van der Waals surface area contributed by atoms with Crippen molar-refractivity contribution in [3.63, 3.8) is 0 Å². The standard InChI is InChI=1S/C10H13O4P.2Na/c1-5-3-15-4-10(5,2)6(8(11)12)7(15)9(13)14;;/h3,6-7H,4H2,1-2H3,(H,11,12)(H,13,14);;/q;2*+1/p-2. The first-order chi connectivity index (χ1) is 6.88. The summed E-state index contributed by atoms with van der Waals surface area (Å²) < 4.78 is 0. The number of rotatable bonds is 2. The maximum absolute atomic E-state index is 11.0. The van der Waals surface area contributed by atoms with Gasteiger partial charge in [-0.2, -0.15) is 0 Å². The Bertz CT molecular complexity index is 385. The van der Waals surface area contributed by atoms with Crippen LogP contribution in [0.4, 0.5) is 0 Å². The summed E-state index contributed by atoms with van der Waals surface area (Å²) in [6.07, 6.45) is 0.644. The molecule has 2 rings (SSSR count). The van der Waals surface area contributed by atoms with Crippen molar-refractivity contribution in [2.75, 3.05) is 6.16 Å². The van der Waals surface area contributed by atoms with E-state index in [4.69, 9.17) is 0 Å². The SMILES string of the molecule is CC1=CP2CC1(C)C(C(=O)[O-])C2C(=O)[O-].[Na+].[Na+]. The number of carbonyl (C=O) groups is 2. The third-order valence-electron chi connectivity index (χ3n) is 3.63. The quantitative estimate of drug-likeness (QED) is 0.369. The number of carbonyl (C=O) groups excluding carboxylic acids is 2. The Morgan fingerprint density at radius 2 is 1.88 bits per heavy atom. The van der Waals surface area contributed by atoms with Gasteiger partial charge in [0.25, 0.3) is 0 Å². The summed E-state index contributed by atoms with van der Waals surface area (Å²) in [6.45, 7) is 3.67. The summed E-state index contributed by atoms with van der Waals surface area (Å²) in [5.41, 5.74) is -0.408. The van der Waals surface area contributed by atoms with E-state index in [0.29, 0.717) is 6.16 Å². The van der Waals surface area contributed by atoms with Crippen LogP contribution in [-0.2, 0) is 9.59 Å². The van der Waals surface area contributed by atoms with Crippen molar-refractivity contribution < 1.29 is 78.9 Å². The van der Waals surface area contributed by atoms with Crippen molar-refractivity contribution >= 4 is 19.9 Å². The van der Waals surface area contributed by atoms with Crippen LogP contribution in [0.25, 0.3) is 0 Å². The molecule has 7 heteroatoms. The molecule has 0 aromatic rings. The van der Waals surface area contributed by atoms with Gasteiger partial charge in [-0.05, 0) is 13.1 Å². The van der Waals surface area contributed by atoms with Gasteiger partial charge < -0.3 is 19.8 Å². The van der Waals surface area contributed by atoms with E-state index >= 15 is 0 Å². The van der Waals surface area contributed by atoms with Gasteiger partial charge >= 0.3 is 59.1 Å². The molecule has 0 aliphatic carbocycles. The molecule has 1 fully saturated rings. The molecule has 2 aliphatic rings. The van der Waals surface area contributed by atoms with Gasteiger partial charge in [0.2, 0.25) is 0 Å². The minimum atomic E-state index is -1.26. The maximum Gasteiger partial charge on any atom is 1.00 e. The van der Waals surface area contributed by atoms with Crippen molar-refractivity contribution in [2.45, 2.75) is 19.5 Å². The molecule has 0 aromatic heterocycles. The second kappa shape index (κ2) is 6.04. The van der Waals surface area contributed by atoms with Gasteiger partial charge in [0, 0.05) is 28.9 Å². The zero-order valence-electron chi connectivity index (χ0n) is 10.5. The Kier molecular flexibility index (Phi) is 6.44. The van der Waals surface area contributed by atoms with Gasteiger partial charge in [-0.25, -0.2) is 0 Å². The third-order valence-corrected chi connectivity index (χ3v) is 6.59. The van der Waals surface area contributed by atoms with Crippen molar-refractivity contribution in [1.82, 2.24) is 0 Å². The number of carboxylic acid groups (broad SMARTS) is 2. The summed E-state index contributed by atoms with van der Waals surface area (Å²) in [5, 5.41) is 22.0. The molecule has 0 aromatic carbocycles. The number of hydrogen-bond donors (Lipinski definition) is 0. The molecular formula is C10H11Na2O4P. The van der Waals surface area contributed by atoms with Crippen LogP contribution in [0.2, 0.25) is 0 Å². The van der Waals surface area contributed by atoms with Gasteiger partial charge in [-0.3, -0.25) is 0 Å². The van der Waals surface area contributed by atoms with Gasteiger partial charge in [0.15, 0.2) is 0 Å². The zero-order valence-corrected chi connectivity index (χ0v) is 15.4. The van der Waals surface area contributed by atoms with E-state index < -0.39 is 36.9 Å². The summed E-state index contributed by atoms with van der Waals surface area (Å²) in [6, 6.07) is 0. The largest absolute Gasteiger partial charge is 1.00 e. The second-order valence-electron chi connectivity index (χ2n) is 4.46. The molecule has 0 spiro atoms. The zero-order chi connectivity index (χ0) is 11.4. The van der Waals surface area contributed by atoms with Gasteiger partial charge in [-0.15, -0.1) is 0 Å². The summed E-state index contributed by atoms with van der Waals surface area (Å²) in [4.78, 5) is 22.0. The van der Waals surface area contributed by atoms with E-state index in [1.807, 2.05) is 19.7 Å². The Hall–Kier alpha value is 1.11. The van der Waals surface area contributed by atoms with Gasteiger partial charge in [0.05, 0.1) is 0 Å². The number of allylic oxidation sites excluding steroid dienone is 1. The molecule has 2 aliphatic heterocycles. The molecule has 4 atom stereocenters. The summed E-state index contributed by atoms with van der Waals surface area (Å²) in [7, 11) is -0.876. The third kappa shape index (κ3) is 2.69. The Morgan fingerprint density at radius 1 is 1.35 bits per heavy atom. The Morgan fingerprint density at radius 3 is 2.29 bits per heavy atom. The van der Waals surface area contributed by atoms with Gasteiger partial charge in [-0.1, -0.05) is 26.2 Å². The minimum absolute atomic E-state index is 0. The van der Waals surface area contributed by atoms with E-state index in [1.165, 1.54) is 0 Å². The number of aliphatic carboxylic acids is 2. The Balaban J connectivity index is 0.00000128. The monoisotopic (exact) mass is 272 g/mol. The van der Waals surface area contributed by atoms with E-state index in [-0.39, 0.29) is 59.1 Å². The predicted octanol–water partition coefficient (Wildman–Crippen LogP) is -7.10. The van der Waals surface area contributed by atoms with Crippen LogP contribution >= 0.6 is 7.92 Å². The average Bonchev–Trinajstić information content (AvgIpc) is 2.52. The molecule has 4 nitrogen and oxygen atoms in total. The number of carboxylic acids is 2. The Labute approximate surface area is 146 Å². The molecule has 2 bridgehead atoms. The molecule has 0 amide bonds. The normalized spacial score (nSPS) is 37.8. The van der Waals surface area contributed by atoms with E-state index in [0.717, 1.165) is 5.57 Å². The van der Waals surface area contributed by atoms with E-state index in [2.05, 4.69) is 0 Å². The van der Waals surface area contributed by atoms with Crippen molar-refractivity contribution in [2.24, 2.45) is 11.3 Å². The van der Waals surface area contributed by atoms with Crippen LogP contribution in [-0.4, -0.2) is 23.8 Å². The molecule has 4 unspecified atom stereocenters. The van der Waals surface area contributed by atoms with Crippen molar-refractivity contribution in [3.05, 3.63) is 11.4 Å². The fraction of sp³-hybridized carbons (Fsp3) is 0.600. The van der Waals surface area contributed by atoms with Crippen molar-refractivity contribution in [3.8, 4) is 0 Å². The molecular weight excluding hydrogens is 261 g/mol. The number of fused-ring (bicyclic) bond motifs is 2. The van der Waals surface area contributed by atoms with Gasteiger partial charge in [0.1, 0.15) is 0 Å². The van der Waals surface area contributed by atoms with Crippen LogP contribution in [0.1, 0.15) is 13.8 Å². The van der Waals surface area contributed by atoms with E-state index in [9.17, 15) is 19.8 Å². The molecule has 0 saturated carbocycles. The summed E-state index contributed by atoms with van der Waals surface area (Å²) in [5.74, 6) is -1.50. The van der Waals surface area contributed by atoms with Crippen LogP contribution in [0.5, 0.6) is 0 Å². The molecule has 82 valence electrons. The first-order valence-electron chi connectivity index (χ1n) is 4.74. The molecule has 17 heavy (non-hydrogen) atoms. The molecule has 0 radical (unpaired) electrons. The number of hydrogen-bond acceptors (Lipinski definition) is 4. The predicted molar refractivity (Wildman–Crippen MR) is 50.9 cm³/mol. The first kappa shape index (κ1) is 18.1. The van der Waals surface area contributed by atoms with Crippen LogP contribution < -0.4 is 69.3 Å².